The second kappa shape index (κ2) is 9.33. The molecule has 0 aromatic heterocycles. The second-order valence-electron chi connectivity index (χ2n) is 5.60. The molecule has 0 aliphatic heterocycles. The Labute approximate surface area is 148 Å². The summed E-state index contributed by atoms with van der Waals surface area (Å²) in [5.41, 5.74) is 2.75. The lowest BCUT2D eigenvalue weighted by molar-refractivity contribution is -0.121. The van der Waals surface area contributed by atoms with Crippen LogP contribution in [0.4, 0.5) is 0 Å². The molecule has 0 saturated heterocycles. The standard InChI is InChI=1S/C20H22N2O3/c1-24-18-9-7-16(13-19(18)25-2)11-12-22-20(23)10-8-15-3-5-17(14-21)6-4-15/h3-7,9,13H,8,10-12H2,1-2H3,(H,22,23). The smallest absolute Gasteiger partial charge is 0.220 e. The number of rotatable bonds is 8. The molecule has 25 heavy (non-hydrogen) atoms. The number of benzene rings is 2. The Balaban J connectivity index is 1.75. The van der Waals surface area contributed by atoms with Gasteiger partial charge in [0.1, 0.15) is 0 Å². The van der Waals surface area contributed by atoms with E-state index in [0.717, 1.165) is 17.5 Å². The van der Waals surface area contributed by atoms with Gasteiger partial charge in [0.25, 0.3) is 0 Å². The summed E-state index contributed by atoms with van der Waals surface area (Å²) in [6, 6.07) is 15.1. The van der Waals surface area contributed by atoms with Crippen LogP contribution in [0.3, 0.4) is 0 Å². The van der Waals surface area contributed by atoms with Crippen molar-refractivity contribution >= 4 is 5.91 Å². The number of hydrogen-bond acceptors (Lipinski definition) is 4. The van der Waals surface area contributed by atoms with Crippen molar-refractivity contribution in [1.82, 2.24) is 5.32 Å². The Morgan fingerprint density at radius 1 is 1.00 bits per heavy atom. The van der Waals surface area contributed by atoms with Gasteiger partial charge in [0.15, 0.2) is 11.5 Å². The van der Waals surface area contributed by atoms with E-state index in [2.05, 4.69) is 11.4 Å². The van der Waals surface area contributed by atoms with Gasteiger partial charge in [-0.2, -0.15) is 5.26 Å². The zero-order chi connectivity index (χ0) is 18.1. The molecule has 5 nitrogen and oxygen atoms in total. The number of hydrogen-bond donors (Lipinski definition) is 1. The monoisotopic (exact) mass is 338 g/mol. The van der Waals surface area contributed by atoms with Crippen LogP contribution >= 0.6 is 0 Å². The van der Waals surface area contributed by atoms with Crippen LogP contribution in [0.25, 0.3) is 0 Å². The molecule has 2 aromatic rings. The van der Waals surface area contributed by atoms with Crippen LogP contribution in [0.2, 0.25) is 0 Å². The molecule has 0 atom stereocenters. The van der Waals surface area contributed by atoms with E-state index >= 15 is 0 Å². The van der Waals surface area contributed by atoms with Gasteiger partial charge in [-0.1, -0.05) is 18.2 Å². The fourth-order valence-corrected chi connectivity index (χ4v) is 2.47. The lowest BCUT2D eigenvalue weighted by Gasteiger charge is -2.10. The van der Waals surface area contributed by atoms with Crippen molar-refractivity contribution in [2.24, 2.45) is 0 Å². The summed E-state index contributed by atoms with van der Waals surface area (Å²) in [5.74, 6) is 1.40. The first-order valence-electron chi connectivity index (χ1n) is 8.13. The largest absolute Gasteiger partial charge is 0.493 e. The molecule has 0 aliphatic carbocycles. The minimum absolute atomic E-state index is 0.0184. The van der Waals surface area contributed by atoms with Crippen molar-refractivity contribution in [2.75, 3.05) is 20.8 Å². The fraction of sp³-hybridized carbons (Fsp3) is 0.300. The fourth-order valence-electron chi connectivity index (χ4n) is 2.47. The predicted molar refractivity (Wildman–Crippen MR) is 95.7 cm³/mol. The number of carbonyl (C=O) groups is 1. The van der Waals surface area contributed by atoms with Gasteiger partial charge in [0, 0.05) is 13.0 Å². The average Bonchev–Trinajstić information content (AvgIpc) is 2.66. The lowest BCUT2D eigenvalue weighted by Crippen LogP contribution is -2.25. The Bertz CT molecular complexity index is 749. The highest BCUT2D eigenvalue weighted by Gasteiger charge is 2.06. The third kappa shape index (κ3) is 5.54. The Kier molecular flexibility index (Phi) is 6.85. The van der Waals surface area contributed by atoms with Gasteiger partial charge in [-0.15, -0.1) is 0 Å². The summed E-state index contributed by atoms with van der Waals surface area (Å²) in [4.78, 5) is 11.9. The molecule has 0 saturated carbocycles. The Morgan fingerprint density at radius 2 is 1.68 bits per heavy atom. The van der Waals surface area contributed by atoms with E-state index in [1.807, 2.05) is 30.3 Å². The zero-order valence-corrected chi connectivity index (χ0v) is 14.5. The molecule has 0 radical (unpaired) electrons. The molecule has 0 aliphatic rings. The van der Waals surface area contributed by atoms with Gasteiger partial charge in [-0.3, -0.25) is 4.79 Å². The maximum Gasteiger partial charge on any atom is 0.220 e. The van der Waals surface area contributed by atoms with E-state index in [-0.39, 0.29) is 5.91 Å². The van der Waals surface area contributed by atoms with Crippen molar-refractivity contribution in [1.29, 1.82) is 5.26 Å². The van der Waals surface area contributed by atoms with Gasteiger partial charge in [0.2, 0.25) is 5.91 Å². The molecular weight excluding hydrogens is 316 g/mol. The number of amides is 1. The molecule has 2 rings (SSSR count). The average molecular weight is 338 g/mol. The second-order valence-corrected chi connectivity index (χ2v) is 5.60. The quantitative estimate of drug-likeness (QED) is 0.803. The lowest BCUT2D eigenvalue weighted by atomic mass is 10.1. The van der Waals surface area contributed by atoms with Gasteiger partial charge in [-0.05, 0) is 48.2 Å². The van der Waals surface area contributed by atoms with Crippen molar-refractivity contribution in [3.05, 3.63) is 59.2 Å². The van der Waals surface area contributed by atoms with E-state index in [4.69, 9.17) is 14.7 Å². The van der Waals surface area contributed by atoms with Crippen LogP contribution in [-0.2, 0) is 17.6 Å². The summed E-state index contributed by atoms with van der Waals surface area (Å²) in [7, 11) is 3.21. The summed E-state index contributed by atoms with van der Waals surface area (Å²) >= 11 is 0. The normalized spacial score (nSPS) is 9.96. The van der Waals surface area contributed by atoms with Crippen molar-refractivity contribution in [2.45, 2.75) is 19.3 Å². The van der Waals surface area contributed by atoms with Crippen molar-refractivity contribution in [3.8, 4) is 17.6 Å². The molecule has 0 unspecified atom stereocenters. The van der Waals surface area contributed by atoms with E-state index < -0.39 is 0 Å². The SMILES string of the molecule is COc1ccc(CCNC(=O)CCc2ccc(C#N)cc2)cc1OC. The van der Waals surface area contributed by atoms with E-state index in [1.54, 1.807) is 26.4 Å². The highest BCUT2D eigenvalue weighted by Crippen LogP contribution is 2.27. The Hall–Kier alpha value is -3.00. The van der Waals surface area contributed by atoms with Crippen molar-refractivity contribution < 1.29 is 14.3 Å². The zero-order valence-electron chi connectivity index (χ0n) is 14.5. The number of nitrogens with zero attached hydrogens (tertiary/aromatic N) is 1. The molecule has 0 spiro atoms. The molecule has 2 aromatic carbocycles. The third-order valence-electron chi connectivity index (χ3n) is 3.91. The van der Waals surface area contributed by atoms with E-state index in [0.29, 0.717) is 36.4 Å². The van der Waals surface area contributed by atoms with Crippen LogP contribution in [-0.4, -0.2) is 26.7 Å². The van der Waals surface area contributed by atoms with Crippen LogP contribution < -0.4 is 14.8 Å². The minimum atomic E-state index is 0.0184. The van der Waals surface area contributed by atoms with Crippen molar-refractivity contribution in [3.63, 3.8) is 0 Å². The first-order chi connectivity index (χ1) is 12.2. The molecular formula is C20H22N2O3. The predicted octanol–water partition coefficient (Wildman–Crippen LogP) is 2.87. The number of aryl methyl sites for hydroxylation is 1. The molecule has 0 heterocycles. The molecule has 0 fully saturated rings. The highest BCUT2D eigenvalue weighted by molar-refractivity contribution is 5.76. The number of methoxy groups -OCH3 is 2. The highest BCUT2D eigenvalue weighted by atomic mass is 16.5. The van der Waals surface area contributed by atoms with Crippen LogP contribution in [0.15, 0.2) is 42.5 Å². The summed E-state index contributed by atoms with van der Waals surface area (Å²) in [5, 5.41) is 11.7. The molecule has 130 valence electrons. The third-order valence-corrected chi connectivity index (χ3v) is 3.91. The van der Waals surface area contributed by atoms with Crippen LogP contribution in [0, 0.1) is 11.3 Å². The first-order valence-corrected chi connectivity index (χ1v) is 8.13. The van der Waals surface area contributed by atoms with Gasteiger partial charge < -0.3 is 14.8 Å². The van der Waals surface area contributed by atoms with Crippen LogP contribution in [0.5, 0.6) is 11.5 Å². The van der Waals surface area contributed by atoms with Gasteiger partial charge in [-0.25, -0.2) is 0 Å². The number of ether oxygens (including phenoxy) is 2. The van der Waals surface area contributed by atoms with E-state index in [9.17, 15) is 4.79 Å². The summed E-state index contributed by atoms with van der Waals surface area (Å²) in [6.45, 7) is 0.571. The molecule has 1 N–H and O–H groups in total. The topological polar surface area (TPSA) is 71.3 Å². The molecule has 5 heteroatoms. The maximum atomic E-state index is 11.9. The molecule has 1 amide bonds. The summed E-state index contributed by atoms with van der Waals surface area (Å²) in [6.07, 6.45) is 1.81. The number of nitrogens with one attached hydrogen (secondary N) is 1. The first kappa shape index (κ1) is 18.3. The number of nitriles is 1. The van der Waals surface area contributed by atoms with Crippen LogP contribution in [0.1, 0.15) is 23.1 Å². The number of carbonyl (C=O) groups excluding carboxylic acids is 1. The van der Waals surface area contributed by atoms with Gasteiger partial charge in [0.05, 0.1) is 25.9 Å². The van der Waals surface area contributed by atoms with E-state index in [1.165, 1.54) is 0 Å². The molecule has 0 bridgehead atoms. The minimum Gasteiger partial charge on any atom is -0.493 e. The maximum absolute atomic E-state index is 11.9. The van der Waals surface area contributed by atoms with Gasteiger partial charge >= 0.3 is 0 Å². The summed E-state index contributed by atoms with van der Waals surface area (Å²) < 4.78 is 10.5. The Morgan fingerprint density at radius 3 is 2.32 bits per heavy atom.